The molecular weight excluding hydrogens is 354 g/mol. The third-order valence-corrected chi connectivity index (χ3v) is 5.51. The van der Waals surface area contributed by atoms with Gasteiger partial charge in [0.15, 0.2) is 0 Å². The summed E-state index contributed by atoms with van der Waals surface area (Å²) in [6.07, 6.45) is 3.43. The van der Waals surface area contributed by atoms with Gasteiger partial charge >= 0.3 is 0 Å². The van der Waals surface area contributed by atoms with Crippen LogP contribution in [0.1, 0.15) is 29.5 Å². The number of rotatable bonds is 2. The molecular formula is C22H21N3O3. The van der Waals surface area contributed by atoms with E-state index in [1.54, 1.807) is 22.2 Å². The molecule has 0 bridgehead atoms. The molecule has 6 nitrogen and oxygen atoms in total. The second-order valence-electron chi connectivity index (χ2n) is 7.16. The molecule has 0 aliphatic carbocycles. The fourth-order valence-corrected chi connectivity index (χ4v) is 4.11. The monoisotopic (exact) mass is 375 g/mol. The number of aliphatic hydroxyl groups excluding tert-OH is 1. The summed E-state index contributed by atoms with van der Waals surface area (Å²) in [5.74, 6) is 6.01. The van der Waals surface area contributed by atoms with Gasteiger partial charge in [-0.25, -0.2) is 0 Å². The van der Waals surface area contributed by atoms with Crippen LogP contribution in [0.15, 0.2) is 48.8 Å². The first-order chi connectivity index (χ1) is 13.6. The van der Waals surface area contributed by atoms with Gasteiger partial charge in [0, 0.05) is 42.9 Å². The molecule has 4 rings (SSSR count). The highest BCUT2D eigenvalue weighted by Gasteiger charge is 2.54. The average Bonchev–Trinajstić information content (AvgIpc) is 2.69. The van der Waals surface area contributed by atoms with Gasteiger partial charge in [-0.3, -0.25) is 14.6 Å². The number of carbonyl (C=O) groups is 2. The van der Waals surface area contributed by atoms with E-state index in [-0.39, 0.29) is 43.0 Å². The lowest BCUT2D eigenvalue weighted by molar-refractivity contribution is -0.166. The zero-order chi connectivity index (χ0) is 19.7. The first-order valence-electron chi connectivity index (χ1n) is 9.28. The number of benzene rings is 1. The number of hydrogen-bond donors (Lipinski definition) is 1. The van der Waals surface area contributed by atoms with Crippen LogP contribution in [0.3, 0.4) is 0 Å². The maximum Gasteiger partial charge on any atom is 0.242 e. The zero-order valence-electron chi connectivity index (χ0n) is 15.6. The second-order valence-corrected chi connectivity index (χ2v) is 7.16. The lowest BCUT2D eigenvalue weighted by atomic mass is 9.73. The molecule has 1 aromatic carbocycles. The van der Waals surface area contributed by atoms with Gasteiger partial charge in [0.1, 0.15) is 0 Å². The van der Waals surface area contributed by atoms with E-state index in [1.807, 2.05) is 36.4 Å². The quantitative estimate of drug-likeness (QED) is 0.795. The molecule has 1 aromatic heterocycles. The molecule has 0 saturated carbocycles. The normalized spacial score (nSPS) is 23.4. The van der Waals surface area contributed by atoms with Gasteiger partial charge in [-0.15, -0.1) is 0 Å². The highest BCUT2D eigenvalue weighted by molar-refractivity contribution is 5.87. The van der Waals surface area contributed by atoms with Crippen molar-refractivity contribution >= 4 is 11.8 Å². The maximum absolute atomic E-state index is 12.4. The van der Waals surface area contributed by atoms with Crippen molar-refractivity contribution in [2.75, 3.05) is 19.7 Å². The van der Waals surface area contributed by atoms with Crippen molar-refractivity contribution in [3.63, 3.8) is 0 Å². The first-order valence-corrected chi connectivity index (χ1v) is 9.28. The fourth-order valence-electron chi connectivity index (χ4n) is 4.11. The van der Waals surface area contributed by atoms with Gasteiger partial charge in [0.25, 0.3) is 0 Å². The Balaban J connectivity index is 1.54. The third-order valence-electron chi connectivity index (χ3n) is 5.51. The van der Waals surface area contributed by atoms with Gasteiger partial charge in [-0.2, -0.15) is 0 Å². The Morgan fingerprint density at radius 1 is 1.21 bits per heavy atom. The van der Waals surface area contributed by atoms with Gasteiger partial charge in [-0.05, 0) is 29.8 Å². The van der Waals surface area contributed by atoms with Gasteiger partial charge in [0.05, 0.1) is 25.2 Å². The highest BCUT2D eigenvalue weighted by atomic mass is 16.3. The number of fused-ring (bicyclic) bond motifs is 1. The molecule has 1 N–H and O–H groups in total. The molecule has 0 spiro atoms. The lowest BCUT2D eigenvalue weighted by Gasteiger charge is -2.58. The van der Waals surface area contributed by atoms with E-state index in [0.717, 1.165) is 16.7 Å². The summed E-state index contributed by atoms with van der Waals surface area (Å²) in [6, 6.07) is 11.3. The molecule has 3 atom stereocenters. The Morgan fingerprint density at radius 2 is 1.96 bits per heavy atom. The molecule has 2 fully saturated rings. The predicted octanol–water partition coefficient (Wildman–Crippen LogP) is 0.999. The average molecular weight is 375 g/mol. The van der Waals surface area contributed by atoms with Crippen LogP contribution in [0.2, 0.25) is 0 Å². The van der Waals surface area contributed by atoms with Crippen LogP contribution >= 0.6 is 0 Å². The Hall–Kier alpha value is -3.17. The van der Waals surface area contributed by atoms with E-state index >= 15 is 0 Å². The summed E-state index contributed by atoms with van der Waals surface area (Å²) < 4.78 is 0. The number of aliphatic hydroxyl groups is 1. The number of amides is 2. The van der Waals surface area contributed by atoms with Gasteiger partial charge in [-0.1, -0.05) is 24.0 Å². The third kappa shape index (κ3) is 3.25. The summed E-state index contributed by atoms with van der Waals surface area (Å²) in [7, 11) is 0. The molecule has 0 unspecified atom stereocenters. The number of carbonyl (C=O) groups excluding carboxylic acids is 2. The molecule has 3 heterocycles. The number of nitrogens with zero attached hydrogens (tertiary/aromatic N) is 3. The zero-order valence-corrected chi connectivity index (χ0v) is 15.6. The van der Waals surface area contributed by atoms with Crippen molar-refractivity contribution in [2.24, 2.45) is 0 Å². The summed E-state index contributed by atoms with van der Waals surface area (Å²) in [4.78, 5) is 31.5. The Morgan fingerprint density at radius 3 is 2.61 bits per heavy atom. The van der Waals surface area contributed by atoms with Crippen LogP contribution < -0.4 is 0 Å². The first kappa shape index (κ1) is 18.2. The van der Waals surface area contributed by atoms with E-state index < -0.39 is 0 Å². The van der Waals surface area contributed by atoms with Crippen molar-refractivity contribution in [3.8, 4) is 11.8 Å². The predicted molar refractivity (Wildman–Crippen MR) is 103 cm³/mol. The van der Waals surface area contributed by atoms with Gasteiger partial charge in [0.2, 0.25) is 11.8 Å². The Bertz CT molecular complexity index is 946. The molecule has 2 amide bonds. The number of pyridine rings is 1. The lowest BCUT2D eigenvalue weighted by Crippen LogP contribution is -2.73. The van der Waals surface area contributed by atoms with Crippen molar-refractivity contribution in [2.45, 2.75) is 24.9 Å². The summed E-state index contributed by atoms with van der Waals surface area (Å²) in [5.41, 5.74) is 2.78. The summed E-state index contributed by atoms with van der Waals surface area (Å²) in [6.45, 7) is 1.99. The molecule has 0 radical (unpaired) electrons. The Labute approximate surface area is 163 Å². The minimum absolute atomic E-state index is 0.0106. The van der Waals surface area contributed by atoms with Crippen LogP contribution in [0.4, 0.5) is 0 Å². The fraction of sp³-hybridized carbons (Fsp3) is 0.318. The molecule has 2 aliphatic rings. The topological polar surface area (TPSA) is 73.7 Å². The largest absolute Gasteiger partial charge is 0.394 e. The summed E-state index contributed by atoms with van der Waals surface area (Å²) in [5, 5.41) is 9.81. The minimum Gasteiger partial charge on any atom is -0.394 e. The standard InChI is InChI=1S/C22H21N3O3/c1-15(27)24-12-19-22(20(14-26)25(19)21(28)13-24)18-8-6-16(7-9-18)4-5-17-3-2-10-23-11-17/h2-3,6-11,19-20,22,26H,12-14H2,1H3/t19-,20-,22+/m0/s1. The van der Waals surface area contributed by atoms with Crippen molar-refractivity contribution in [1.29, 1.82) is 0 Å². The van der Waals surface area contributed by atoms with Crippen LogP contribution in [0.5, 0.6) is 0 Å². The number of hydrogen-bond acceptors (Lipinski definition) is 4. The van der Waals surface area contributed by atoms with Crippen molar-refractivity contribution in [3.05, 3.63) is 65.5 Å². The Kier molecular flexibility index (Phi) is 4.84. The smallest absolute Gasteiger partial charge is 0.242 e. The molecule has 2 saturated heterocycles. The van der Waals surface area contributed by atoms with Crippen LogP contribution in [-0.4, -0.2) is 63.5 Å². The highest BCUT2D eigenvalue weighted by Crippen LogP contribution is 2.42. The molecule has 2 aliphatic heterocycles. The molecule has 142 valence electrons. The number of piperazine rings is 1. The van der Waals surface area contributed by atoms with Crippen molar-refractivity contribution in [1.82, 2.24) is 14.8 Å². The van der Waals surface area contributed by atoms with Crippen molar-refractivity contribution < 1.29 is 14.7 Å². The van der Waals surface area contributed by atoms with E-state index in [4.69, 9.17) is 0 Å². The molecule has 28 heavy (non-hydrogen) atoms. The van der Waals surface area contributed by atoms with E-state index in [9.17, 15) is 14.7 Å². The SMILES string of the molecule is CC(=O)N1CC(=O)N2[C@@H](CO)[C@H](c3ccc(C#Cc4cccnc4)cc3)[C@@H]2C1. The summed E-state index contributed by atoms with van der Waals surface area (Å²) >= 11 is 0. The molecule has 6 heteroatoms. The van der Waals surface area contributed by atoms with Gasteiger partial charge < -0.3 is 14.9 Å². The maximum atomic E-state index is 12.4. The number of aromatic nitrogens is 1. The molecule has 2 aromatic rings. The van der Waals surface area contributed by atoms with Crippen LogP contribution in [0, 0.1) is 11.8 Å². The van der Waals surface area contributed by atoms with E-state index in [2.05, 4.69) is 16.8 Å². The van der Waals surface area contributed by atoms with E-state index in [1.165, 1.54) is 6.92 Å². The second kappa shape index (κ2) is 7.45. The van der Waals surface area contributed by atoms with Crippen LogP contribution in [-0.2, 0) is 9.59 Å². The minimum atomic E-state index is -0.237. The van der Waals surface area contributed by atoms with Crippen LogP contribution in [0.25, 0.3) is 0 Å². The van der Waals surface area contributed by atoms with E-state index in [0.29, 0.717) is 6.54 Å².